The second-order valence-electron chi connectivity index (χ2n) is 3.72. The normalized spacial score (nSPS) is 29.8. The minimum atomic E-state index is 0.421. The van der Waals surface area contributed by atoms with Crippen LogP contribution in [0.15, 0.2) is 0 Å². The summed E-state index contributed by atoms with van der Waals surface area (Å²) in [6.07, 6.45) is 2.82. The van der Waals surface area contributed by atoms with Gasteiger partial charge in [-0.25, -0.2) is 0 Å². The van der Waals surface area contributed by atoms with E-state index in [4.69, 9.17) is 9.47 Å². The van der Waals surface area contributed by atoms with E-state index in [1.54, 1.807) is 7.11 Å². The molecular formula is C10H21NO2. The van der Waals surface area contributed by atoms with E-state index in [1.165, 1.54) is 12.8 Å². The molecule has 13 heavy (non-hydrogen) atoms. The quantitative estimate of drug-likeness (QED) is 0.602. The highest BCUT2D eigenvalue weighted by atomic mass is 16.5. The van der Waals surface area contributed by atoms with Gasteiger partial charge in [0.1, 0.15) is 0 Å². The molecule has 1 rings (SSSR count). The van der Waals surface area contributed by atoms with E-state index < -0.39 is 0 Å². The van der Waals surface area contributed by atoms with Crippen molar-refractivity contribution >= 4 is 0 Å². The third-order valence-electron chi connectivity index (χ3n) is 2.76. The van der Waals surface area contributed by atoms with Crippen LogP contribution in [0.1, 0.15) is 19.8 Å². The first kappa shape index (κ1) is 11.0. The van der Waals surface area contributed by atoms with Crippen LogP contribution in [0.4, 0.5) is 0 Å². The highest BCUT2D eigenvalue weighted by Crippen LogP contribution is 2.20. The average molecular weight is 187 g/mol. The summed E-state index contributed by atoms with van der Waals surface area (Å²) in [7, 11) is 3.88. The molecule has 0 aromatic carbocycles. The number of ether oxygens (including phenoxy) is 2. The number of methoxy groups -OCH3 is 1. The summed E-state index contributed by atoms with van der Waals surface area (Å²) < 4.78 is 10.6. The zero-order valence-corrected chi connectivity index (χ0v) is 8.95. The summed E-state index contributed by atoms with van der Waals surface area (Å²) in [5.74, 6) is 0. The lowest BCUT2D eigenvalue weighted by atomic mass is 10.1. The number of likely N-dealkylation sites (N-methyl/N-ethyl adjacent to an activating group) is 1. The van der Waals surface area contributed by atoms with Gasteiger partial charge in [-0.15, -0.1) is 0 Å². The first-order chi connectivity index (χ1) is 6.27. The van der Waals surface area contributed by atoms with E-state index in [9.17, 15) is 0 Å². The van der Waals surface area contributed by atoms with Gasteiger partial charge in [0.05, 0.1) is 19.3 Å². The van der Waals surface area contributed by atoms with Gasteiger partial charge < -0.3 is 14.4 Å². The Bertz CT molecular complexity index is 141. The molecule has 0 aliphatic carbocycles. The minimum absolute atomic E-state index is 0.421. The minimum Gasteiger partial charge on any atom is -0.382 e. The molecule has 1 aliphatic rings. The standard InChI is InChI=1S/C10H21NO2/c1-4-9-7-10(8-11(9)2)13-6-5-12-3/h9-10H,4-8H2,1-3H3. The van der Waals surface area contributed by atoms with Gasteiger partial charge in [-0.3, -0.25) is 0 Å². The van der Waals surface area contributed by atoms with Crippen molar-refractivity contribution in [2.45, 2.75) is 31.9 Å². The SMILES string of the molecule is CCC1CC(OCCOC)CN1C. The van der Waals surface area contributed by atoms with Crippen LogP contribution in [-0.4, -0.2) is 51.0 Å². The first-order valence-electron chi connectivity index (χ1n) is 5.08. The summed E-state index contributed by atoms with van der Waals surface area (Å²) in [5, 5.41) is 0. The Labute approximate surface area is 81.0 Å². The van der Waals surface area contributed by atoms with Crippen molar-refractivity contribution in [3.05, 3.63) is 0 Å². The number of nitrogens with zero attached hydrogens (tertiary/aromatic N) is 1. The van der Waals surface area contributed by atoms with Crippen LogP contribution in [0.25, 0.3) is 0 Å². The summed E-state index contributed by atoms with van der Waals surface area (Å²) in [6, 6.07) is 0.715. The Morgan fingerprint density at radius 3 is 2.69 bits per heavy atom. The zero-order chi connectivity index (χ0) is 9.68. The highest BCUT2D eigenvalue weighted by molar-refractivity contribution is 4.82. The lowest BCUT2D eigenvalue weighted by Crippen LogP contribution is -2.24. The molecule has 0 radical (unpaired) electrons. The topological polar surface area (TPSA) is 21.7 Å². The Morgan fingerprint density at radius 1 is 1.38 bits per heavy atom. The van der Waals surface area contributed by atoms with E-state index in [-0.39, 0.29) is 0 Å². The van der Waals surface area contributed by atoms with Crippen molar-refractivity contribution < 1.29 is 9.47 Å². The summed E-state index contributed by atoms with van der Waals surface area (Å²) in [4.78, 5) is 2.39. The van der Waals surface area contributed by atoms with E-state index in [0.717, 1.165) is 13.2 Å². The van der Waals surface area contributed by atoms with Crippen LogP contribution >= 0.6 is 0 Å². The number of hydrogen-bond acceptors (Lipinski definition) is 3. The zero-order valence-electron chi connectivity index (χ0n) is 8.95. The van der Waals surface area contributed by atoms with E-state index in [2.05, 4.69) is 18.9 Å². The number of hydrogen-bond donors (Lipinski definition) is 0. The van der Waals surface area contributed by atoms with Crippen LogP contribution in [-0.2, 0) is 9.47 Å². The third kappa shape index (κ3) is 3.25. The van der Waals surface area contributed by atoms with Crippen LogP contribution in [0.5, 0.6) is 0 Å². The maximum Gasteiger partial charge on any atom is 0.0718 e. The second-order valence-corrected chi connectivity index (χ2v) is 3.72. The number of likely N-dealkylation sites (tertiary alicyclic amines) is 1. The fourth-order valence-corrected chi connectivity index (χ4v) is 1.93. The van der Waals surface area contributed by atoms with Crippen LogP contribution in [0.2, 0.25) is 0 Å². The maximum atomic E-state index is 5.68. The summed E-state index contributed by atoms with van der Waals surface area (Å²) >= 11 is 0. The van der Waals surface area contributed by atoms with Crippen molar-refractivity contribution in [3.8, 4) is 0 Å². The molecule has 3 heteroatoms. The van der Waals surface area contributed by atoms with Crippen LogP contribution < -0.4 is 0 Å². The van der Waals surface area contributed by atoms with Gasteiger partial charge in [0.15, 0.2) is 0 Å². The lowest BCUT2D eigenvalue weighted by molar-refractivity contribution is 0.0230. The Hall–Kier alpha value is -0.120. The smallest absolute Gasteiger partial charge is 0.0718 e. The Morgan fingerprint density at radius 2 is 2.15 bits per heavy atom. The lowest BCUT2D eigenvalue weighted by Gasteiger charge is -2.15. The Balaban J connectivity index is 2.16. The van der Waals surface area contributed by atoms with Crippen molar-refractivity contribution in [3.63, 3.8) is 0 Å². The van der Waals surface area contributed by atoms with E-state index in [0.29, 0.717) is 18.8 Å². The van der Waals surface area contributed by atoms with Crippen molar-refractivity contribution in [1.29, 1.82) is 0 Å². The van der Waals surface area contributed by atoms with Crippen molar-refractivity contribution in [2.24, 2.45) is 0 Å². The molecular weight excluding hydrogens is 166 g/mol. The van der Waals surface area contributed by atoms with Gasteiger partial charge >= 0.3 is 0 Å². The van der Waals surface area contributed by atoms with Crippen molar-refractivity contribution in [2.75, 3.05) is 33.9 Å². The predicted octanol–water partition coefficient (Wildman–Crippen LogP) is 1.13. The second kappa shape index (κ2) is 5.58. The van der Waals surface area contributed by atoms with E-state index >= 15 is 0 Å². The number of rotatable bonds is 5. The largest absolute Gasteiger partial charge is 0.382 e. The van der Waals surface area contributed by atoms with Gasteiger partial charge in [-0.2, -0.15) is 0 Å². The maximum absolute atomic E-state index is 5.68. The fraction of sp³-hybridized carbons (Fsp3) is 1.00. The monoisotopic (exact) mass is 187 g/mol. The predicted molar refractivity (Wildman–Crippen MR) is 52.9 cm³/mol. The van der Waals surface area contributed by atoms with Gasteiger partial charge in [0.2, 0.25) is 0 Å². The molecule has 2 unspecified atom stereocenters. The third-order valence-corrected chi connectivity index (χ3v) is 2.76. The fourth-order valence-electron chi connectivity index (χ4n) is 1.93. The molecule has 3 nitrogen and oxygen atoms in total. The van der Waals surface area contributed by atoms with Gasteiger partial charge in [0, 0.05) is 19.7 Å². The molecule has 2 atom stereocenters. The molecule has 78 valence electrons. The molecule has 1 heterocycles. The molecule has 0 aromatic heterocycles. The van der Waals surface area contributed by atoms with Gasteiger partial charge in [-0.05, 0) is 19.9 Å². The Kier molecular flexibility index (Phi) is 4.70. The average Bonchev–Trinajstić information content (AvgIpc) is 2.47. The van der Waals surface area contributed by atoms with E-state index in [1.807, 2.05) is 0 Å². The van der Waals surface area contributed by atoms with Crippen molar-refractivity contribution in [1.82, 2.24) is 4.90 Å². The van der Waals surface area contributed by atoms with Crippen LogP contribution in [0.3, 0.4) is 0 Å². The molecule has 1 saturated heterocycles. The van der Waals surface area contributed by atoms with Gasteiger partial charge in [-0.1, -0.05) is 6.92 Å². The summed E-state index contributed by atoms with van der Waals surface area (Å²) in [6.45, 7) is 4.74. The molecule has 1 aliphatic heterocycles. The summed E-state index contributed by atoms with van der Waals surface area (Å²) in [5.41, 5.74) is 0. The molecule has 0 N–H and O–H groups in total. The van der Waals surface area contributed by atoms with Gasteiger partial charge in [0.25, 0.3) is 0 Å². The van der Waals surface area contributed by atoms with Crippen LogP contribution in [0, 0.1) is 0 Å². The molecule has 1 fully saturated rings. The highest BCUT2D eigenvalue weighted by Gasteiger charge is 2.28. The molecule has 0 amide bonds. The first-order valence-corrected chi connectivity index (χ1v) is 5.08. The molecule has 0 saturated carbocycles. The molecule has 0 aromatic rings. The molecule has 0 bridgehead atoms. The molecule has 0 spiro atoms.